The van der Waals surface area contributed by atoms with Gasteiger partial charge in [-0.3, -0.25) is 4.79 Å². The van der Waals surface area contributed by atoms with Crippen molar-refractivity contribution in [3.05, 3.63) is 23.8 Å². The fourth-order valence-electron chi connectivity index (χ4n) is 1.52. The Labute approximate surface area is 97.1 Å². The number of fused-ring (bicyclic) bond motifs is 1. The van der Waals surface area contributed by atoms with Gasteiger partial charge in [-0.15, -0.1) is 5.10 Å². The Morgan fingerprint density at radius 3 is 2.94 bits per heavy atom. The minimum absolute atomic E-state index is 0.496. The number of carbonyl (C=O) groups is 1. The Bertz CT molecular complexity index is 534. The summed E-state index contributed by atoms with van der Waals surface area (Å²) in [6.07, 6.45) is 0.496. The van der Waals surface area contributed by atoms with Gasteiger partial charge in [0.1, 0.15) is 5.52 Å². The summed E-state index contributed by atoms with van der Waals surface area (Å²) < 4.78 is 4.87. The van der Waals surface area contributed by atoms with Gasteiger partial charge in [0.25, 0.3) is 0 Å². The average molecular weight is 236 g/mol. The molecule has 5 heteroatoms. The van der Waals surface area contributed by atoms with Crippen molar-refractivity contribution >= 4 is 27.7 Å². The molecule has 0 spiro atoms. The van der Waals surface area contributed by atoms with E-state index in [1.807, 2.05) is 18.2 Å². The van der Waals surface area contributed by atoms with Crippen molar-refractivity contribution in [2.24, 2.45) is 5.41 Å². The Hall–Kier alpha value is -1.49. The Morgan fingerprint density at radius 2 is 2.25 bits per heavy atom. The van der Waals surface area contributed by atoms with Gasteiger partial charge >= 0.3 is 5.97 Å². The molecule has 0 atom stereocenters. The minimum Gasteiger partial charge on any atom is -0.481 e. The predicted molar refractivity (Wildman–Crippen MR) is 62.5 cm³/mol. The summed E-state index contributed by atoms with van der Waals surface area (Å²) >= 11 is 1.34. The number of aliphatic carboxylic acids is 1. The molecule has 84 valence electrons. The van der Waals surface area contributed by atoms with Crippen LogP contribution in [0.1, 0.15) is 19.4 Å². The van der Waals surface area contributed by atoms with Crippen LogP contribution in [0, 0.1) is 5.41 Å². The number of hydrogen-bond donors (Lipinski definition) is 1. The highest BCUT2D eigenvalue weighted by Gasteiger charge is 2.27. The van der Waals surface area contributed by atoms with Crippen LogP contribution < -0.4 is 0 Å². The zero-order valence-electron chi connectivity index (χ0n) is 9.10. The molecule has 1 aromatic carbocycles. The highest BCUT2D eigenvalue weighted by Crippen LogP contribution is 2.24. The SMILES string of the molecule is CC(C)(Cc1ccc2snnc2c1)C(=O)O. The van der Waals surface area contributed by atoms with Gasteiger partial charge in [-0.25, -0.2) is 0 Å². The molecule has 0 amide bonds. The van der Waals surface area contributed by atoms with Crippen LogP contribution in [0.3, 0.4) is 0 Å². The maximum Gasteiger partial charge on any atom is 0.309 e. The molecule has 0 saturated heterocycles. The third-order valence-corrected chi connectivity index (χ3v) is 3.24. The first kappa shape index (κ1) is 11.0. The van der Waals surface area contributed by atoms with Crippen LogP contribution >= 0.6 is 11.5 Å². The number of carboxylic acid groups (broad SMARTS) is 1. The fourth-order valence-corrected chi connectivity index (χ4v) is 2.06. The number of carboxylic acids is 1. The maximum atomic E-state index is 11.0. The summed E-state index contributed by atoms with van der Waals surface area (Å²) in [7, 11) is 0. The lowest BCUT2D eigenvalue weighted by atomic mass is 9.86. The van der Waals surface area contributed by atoms with Crippen molar-refractivity contribution in [1.82, 2.24) is 9.59 Å². The summed E-state index contributed by atoms with van der Waals surface area (Å²) in [6.45, 7) is 3.44. The lowest BCUT2D eigenvalue weighted by molar-refractivity contribution is -0.146. The largest absolute Gasteiger partial charge is 0.481 e. The molecule has 0 aliphatic heterocycles. The van der Waals surface area contributed by atoms with E-state index in [-0.39, 0.29) is 0 Å². The number of hydrogen-bond acceptors (Lipinski definition) is 4. The van der Waals surface area contributed by atoms with E-state index >= 15 is 0 Å². The molecule has 0 unspecified atom stereocenters. The third-order valence-electron chi connectivity index (χ3n) is 2.54. The molecule has 4 nitrogen and oxygen atoms in total. The highest BCUT2D eigenvalue weighted by atomic mass is 32.1. The van der Waals surface area contributed by atoms with Crippen LogP contribution in [0.4, 0.5) is 0 Å². The molecule has 0 bridgehead atoms. The second-order valence-corrected chi connectivity index (χ2v) is 5.23. The van der Waals surface area contributed by atoms with Gasteiger partial charge in [0.05, 0.1) is 10.1 Å². The van der Waals surface area contributed by atoms with E-state index < -0.39 is 11.4 Å². The van der Waals surface area contributed by atoms with E-state index in [2.05, 4.69) is 9.59 Å². The van der Waals surface area contributed by atoms with Gasteiger partial charge in [0, 0.05) is 0 Å². The molecule has 16 heavy (non-hydrogen) atoms. The zero-order chi connectivity index (χ0) is 11.8. The molecule has 1 heterocycles. The summed E-state index contributed by atoms with van der Waals surface area (Å²) in [5.41, 5.74) is 1.06. The number of aromatic nitrogens is 2. The summed E-state index contributed by atoms with van der Waals surface area (Å²) in [5.74, 6) is -0.788. The smallest absolute Gasteiger partial charge is 0.309 e. The summed E-state index contributed by atoms with van der Waals surface area (Å²) in [5, 5.41) is 13.0. The number of rotatable bonds is 3. The standard InChI is InChI=1S/C11H12N2O2S/c1-11(2,10(14)15)6-7-3-4-9-8(5-7)12-13-16-9/h3-5H,6H2,1-2H3,(H,14,15). The molecular weight excluding hydrogens is 224 g/mol. The summed E-state index contributed by atoms with van der Waals surface area (Å²) in [6, 6.07) is 5.78. The van der Waals surface area contributed by atoms with E-state index in [0.29, 0.717) is 6.42 Å². The van der Waals surface area contributed by atoms with Crippen LogP contribution in [-0.2, 0) is 11.2 Å². The topological polar surface area (TPSA) is 63.1 Å². The van der Waals surface area contributed by atoms with Crippen LogP contribution in [0.2, 0.25) is 0 Å². The molecule has 0 radical (unpaired) electrons. The Balaban J connectivity index is 2.30. The third kappa shape index (κ3) is 2.04. The van der Waals surface area contributed by atoms with Gasteiger partial charge in [0.15, 0.2) is 0 Å². The van der Waals surface area contributed by atoms with Crippen molar-refractivity contribution < 1.29 is 9.90 Å². The first-order valence-corrected chi connectivity index (χ1v) is 5.71. The molecule has 0 aliphatic rings. The van der Waals surface area contributed by atoms with Crippen molar-refractivity contribution in [1.29, 1.82) is 0 Å². The van der Waals surface area contributed by atoms with E-state index in [1.54, 1.807) is 13.8 Å². The van der Waals surface area contributed by atoms with Gasteiger partial charge in [-0.05, 0) is 49.5 Å². The second kappa shape index (κ2) is 3.83. The molecule has 0 aliphatic carbocycles. The molecule has 2 rings (SSSR count). The zero-order valence-corrected chi connectivity index (χ0v) is 9.91. The molecular formula is C11H12N2O2S. The Kier molecular flexibility index (Phi) is 2.63. The van der Waals surface area contributed by atoms with Crippen LogP contribution in [0.15, 0.2) is 18.2 Å². The average Bonchev–Trinajstić information content (AvgIpc) is 2.63. The van der Waals surface area contributed by atoms with E-state index in [4.69, 9.17) is 5.11 Å². The molecule has 1 N–H and O–H groups in total. The van der Waals surface area contributed by atoms with Gasteiger partial charge in [-0.2, -0.15) is 0 Å². The van der Waals surface area contributed by atoms with Crippen LogP contribution in [0.25, 0.3) is 10.2 Å². The lowest BCUT2D eigenvalue weighted by Gasteiger charge is -2.18. The van der Waals surface area contributed by atoms with Crippen molar-refractivity contribution in [3.8, 4) is 0 Å². The molecule has 2 aromatic rings. The molecule has 1 aromatic heterocycles. The summed E-state index contributed by atoms with van der Waals surface area (Å²) in [4.78, 5) is 11.0. The fraction of sp³-hybridized carbons (Fsp3) is 0.364. The first-order chi connectivity index (χ1) is 7.49. The van der Waals surface area contributed by atoms with Crippen LogP contribution in [-0.4, -0.2) is 20.7 Å². The van der Waals surface area contributed by atoms with Crippen molar-refractivity contribution in [3.63, 3.8) is 0 Å². The molecule has 0 fully saturated rings. The van der Waals surface area contributed by atoms with Gasteiger partial charge < -0.3 is 5.11 Å². The highest BCUT2D eigenvalue weighted by molar-refractivity contribution is 7.12. The number of benzene rings is 1. The molecule has 0 saturated carbocycles. The first-order valence-electron chi connectivity index (χ1n) is 4.93. The normalized spacial score (nSPS) is 11.9. The second-order valence-electron chi connectivity index (χ2n) is 4.44. The maximum absolute atomic E-state index is 11.0. The van der Waals surface area contributed by atoms with Crippen molar-refractivity contribution in [2.45, 2.75) is 20.3 Å². The van der Waals surface area contributed by atoms with E-state index in [9.17, 15) is 4.79 Å². The number of nitrogens with zero attached hydrogens (tertiary/aromatic N) is 2. The van der Waals surface area contributed by atoms with E-state index in [1.165, 1.54) is 11.5 Å². The Morgan fingerprint density at radius 1 is 1.50 bits per heavy atom. The quantitative estimate of drug-likeness (QED) is 0.888. The van der Waals surface area contributed by atoms with Crippen LogP contribution in [0.5, 0.6) is 0 Å². The predicted octanol–water partition coefficient (Wildman–Crippen LogP) is 2.34. The van der Waals surface area contributed by atoms with Gasteiger partial charge in [0.2, 0.25) is 0 Å². The van der Waals surface area contributed by atoms with Gasteiger partial charge in [-0.1, -0.05) is 10.6 Å². The van der Waals surface area contributed by atoms with E-state index in [0.717, 1.165) is 15.8 Å². The van der Waals surface area contributed by atoms with Crippen molar-refractivity contribution in [2.75, 3.05) is 0 Å². The minimum atomic E-state index is -0.788. The monoisotopic (exact) mass is 236 g/mol. The lowest BCUT2D eigenvalue weighted by Crippen LogP contribution is -2.26.